The van der Waals surface area contributed by atoms with E-state index in [4.69, 9.17) is 26.9 Å². The molecule has 96 valence electrons. The fourth-order valence-electron chi connectivity index (χ4n) is 1.41. The molecular formula is C10H12ClN5O2. The summed E-state index contributed by atoms with van der Waals surface area (Å²) in [6, 6.07) is 3.67. The molecule has 8 heteroatoms. The highest BCUT2D eigenvalue weighted by molar-refractivity contribution is 6.29. The van der Waals surface area contributed by atoms with Gasteiger partial charge < -0.3 is 15.3 Å². The highest BCUT2D eigenvalue weighted by Crippen LogP contribution is 2.14. The van der Waals surface area contributed by atoms with Crippen molar-refractivity contribution in [2.75, 3.05) is 13.2 Å². The lowest BCUT2D eigenvalue weighted by atomic mass is 10.2. The molecule has 2 heterocycles. The molecule has 1 aromatic heterocycles. The van der Waals surface area contributed by atoms with Crippen LogP contribution in [0.4, 0.5) is 0 Å². The predicted molar refractivity (Wildman–Crippen MR) is 65.6 cm³/mol. The zero-order valence-electron chi connectivity index (χ0n) is 9.49. The van der Waals surface area contributed by atoms with Gasteiger partial charge in [-0.15, -0.1) is 0 Å². The molecular weight excluding hydrogens is 258 g/mol. The van der Waals surface area contributed by atoms with Gasteiger partial charge in [-0.2, -0.15) is 0 Å². The number of nitrogens with two attached hydrogens (primary N) is 1. The second-order valence-corrected chi connectivity index (χ2v) is 3.93. The number of aromatic nitrogens is 1. The van der Waals surface area contributed by atoms with Gasteiger partial charge >= 0.3 is 6.02 Å². The molecule has 0 amide bonds. The summed E-state index contributed by atoms with van der Waals surface area (Å²) in [5.41, 5.74) is 0. The van der Waals surface area contributed by atoms with E-state index < -0.39 is 0 Å². The molecule has 0 saturated carbocycles. The van der Waals surface area contributed by atoms with E-state index in [1.807, 2.05) is 0 Å². The normalized spacial score (nSPS) is 18.7. The average molecular weight is 270 g/mol. The Balaban J connectivity index is 1.74. The van der Waals surface area contributed by atoms with Crippen molar-refractivity contribution in [2.45, 2.75) is 12.5 Å². The molecule has 0 unspecified atom stereocenters. The van der Waals surface area contributed by atoms with Gasteiger partial charge in [0.05, 0.1) is 18.8 Å². The molecule has 0 radical (unpaired) electrons. The molecule has 1 atom stereocenters. The van der Waals surface area contributed by atoms with Gasteiger partial charge in [0.1, 0.15) is 17.5 Å². The maximum absolute atomic E-state index is 5.66. The van der Waals surface area contributed by atoms with Crippen LogP contribution in [0.5, 0.6) is 5.75 Å². The molecule has 0 fully saturated rings. The first-order valence-corrected chi connectivity index (χ1v) is 5.71. The van der Waals surface area contributed by atoms with E-state index in [0.29, 0.717) is 30.5 Å². The molecule has 0 saturated heterocycles. The van der Waals surface area contributed by atoms with E-state index in [2.05, 4.69) is 20.3 Å². The molecule has 1 aromatic rings. The van der Waals surface area contributed by atoms with E-state index >= 15 is 0 Å². The lowest BCUT2D eigenvalue weighted by molar-refractivity contribution is 0.263. The molecule has 0 bridgehead atoms. The van der Waals surface area contributed by atoms with Crippen LogP contribution in [0.2, 0.25) is 5.15 Å². The summed E-state index contributed by atoms with van der Waals surface area (Å²) in [5, 5.41) is 7.06. The Labute approximate surface area is 109 Å². The summed E-state index contributed by atoms with van der Waals surface area (Å²) < 4.78 is 10.6. The molecule has 1 aliphatic rings. The largest absolute Gasteiger partial charge is 0.492 e. The van der Waals surface area contributed by atoms with Gasteiger partial charge in [0.25, 0.3) is 0 Å². The third-order valence-corrected chi connectivity index (χ3v) is 2.48. The first kappa shape index (κ1) is 12.6. The molecule has 0 aliphatic carbocycles. The quantitative estimate of drug-likeness (QED) is 0.389. The molecule has 2 N–H and O–H groups in total. The maximum Gasteiger partial charge on any atom is 0.332 e. The van der Waals surface area contributed by atoms with Crippen LogP contribution in [0.15, 0.2) is 33.7 Å². The minimum Gasteiger partial charge on any atom is -0.492 e. The number of amidine groups is 1. The minimum absolute atomic E-state index is 0.0192. The molecule has 7 nitrogen and oxygen atoms in total. The zero-order chi connectivity index (χ0) is 12.8. The summed E-state index contributed by atoms with van der Waals surface area (Å²) in [6.45, 7) is 0.977. The summed E-state index contributed by atoms with van der Waals surface area (Å²) >= 11 is 5.66. The first-order valence-electron chi connectivity index (χ1n) is 5.34. The first-order chi connectivity index (χ1) is 8.78. The van der Waals surface area contributed by atoms with Gasteiger partial charge in [-0.25, -0.2) is 9.98 Å². The Hall–Kier alpha value is -1.89. The third kappa shape index (κ3) is 3.56. The van der Waals surface area contributed by atoms with E-state index in [9.17, 15) is 0 Å². The highest BCUT2D eigenvalue weighted by Gasteiger charge is 2.18. The topological polar surface area (TPSA) is 94.5 Å². The van der Waals surface area contributed by atoms with Crippen LogP contribution in [-0.2, 0) is 4.74 Å². The fraction of sp³-hybridized carbons (Fsp3) is 0.400. The Bertz CT molecular complexity index is 448. The molecule has 18 heavy (non-hydrogen) atoms. The number of rotatable bonds is 4. The summed E-state index contributed by atoms with van der Waals surface area (Å²) in [5.74, 6) is 5.57. The Morgan fingerprint density at radius 1 is 1.56 bits per heavy atom. The van der Waals surface area contributed by atoms with Crippen molar-refractivity contribution in [3.8, 4) is 5.75 Å². The van der Waals surface area contributed by atoms with Crippen molar-refractivity contribution in [1.29, 1.82) is 0 Å². The summed E-state index contributed by atoms with van der Waals surface area (Å²) in [7, 11) is 0. The van der Waals surface area contributed by atoms with Crippen molar-refractivity contribution >= 4 is 17.6 Å². The van der Waals surface area contributed by atoms with Gasteiger partial charge in [0.2, 0.25) is 0 Å². The third-order valence-electron chi connectivity index (χ3n) is 2.26. The minimum atomic E-state index is 0.0192. The number of hydrogen-bond donors (Lipinski definition) is 1. The van der Waals surface area contributed by atoms with Crippen molar-refractivity contribution in [2.24, 2.45) is 21.2 Å². The lowest BCUT2D eigenvalue weighted by Crippen LogP contribution is -2.11. The van der Waals surface area contributed by atoms with Crippen LogP contribution in [-0.4, -0.2) is 30.3 Å². The van der Waals surface area contributed by atoms with Crippen LogP contribution in [0.1, 0.15) is 6.42 Å². The molecule has 1 aliphatic heterocycles. The van der Waals surface area contributed by atoms with Crippen molar-refractivity contribution in [1.82, 2.24) is 4.98 Å². The summed E-state index contributed by atoms with van der Waals surface area (Å²) in [6.07, 6.45) is 2.29. The molecule has 0 aromatic carbocycles. The number of aliphatic imine (C=N–C) groups is 1. The Morgan fingerprint density at radius 2 is 2.44 bits per heavy atom. The lowest BCUT2D eigenvalue weighted by Gasteiger charge is -2.07. The highest BCUT2D eigenvalue weighted by atomic mass is 35.5. The SMILES string of the molecule is NN=NC1=N[C@@H](CCOc2ccc(Cl)nc2)CO1. The van der Waals surface area contributed by atoms with Crippen LogP contribution in [0.3, 0.4) is 0 Å². The number of hydrogen-bond acceptors (Lipinski definition) is 6. The smallest absolute Gasteiger partial charge is 0.332 e. The van der Waals surface area contributed by atoms with Gasteiger partial charge in [-0.3, -0.25) is 0 Å². The monoisotopic (exact) mass is 269 g/mol. The Morgan fingerprint density at radius 3 is 3.17 bits per heavy atom. The van der Waals surface area contributed by atoms with Crippen LogP contribution in [0.25, 0.3) is 0 Å². The Kier molecular flexibility index (Phi) is 4.30. The second kappa shape index (κ2) is 6.15. The van der Waals surface area contributed by atoms with Crippen LogP contribution >= 0.6 is 11.6 Å². The predicted octanol–water partition coefficient (Wildman–Crippen LogP) is 1.58. The number of nitrogens with zero attached hydrogens (tertiary/aromatic N) is 4. The maximum atomic E-state index is 5.66. The summed E-state index contributed by atoms with van der Waals surface area (Å²) in [4.78, 5) is 8.07. The zero-order valence-corrected chi connectivity index (χ0v) is 10.2. The number of halogens is 1. The molecule has 0 spiro atoms. The van der Waals surface area contributed by atoms with Crippen LogP contribution < -0.4 is 10.6 Å². The molecule has 2 rings (SSSR count). The van der Waals surface area contributed by atoms with Gasteiger partial charge in [0, 0.05) is 6.42 Å². The van der Waals surface area contributed by atoms with Crippen molar-refractivity contribution in [3.63, 3.8) is 0 Å². The number of pyridine rings is 1. The number of ether oxygens (including phenoxy) is 2. The van der Waals surface area contributed by atoms with Gasteiger partial charge in [-0.1, -0.05) is 21.9 Å². The van der Waals surface area contributed by atoms with E-state index in [0.717, 1.165) is 0 Å². The van der Waals surface area contributed by atoms with E-state index in [1.54, 1.807) is 18.3 Å². The van der Waals surface area contributed by atoms with Crippen molar-refractivity contribution in [3.05, 3.63) is 23.5 Å². The van der Waals surface area contributed by atoms with Gasteiger partial charge in [-0.05, 0) is 12.1 Å². The standard InChI is InChI=1S/C10H12ClN5O2/c11-9-2-1-8(5-13-9)17-4-3-7-6-18-10(14-7)15-16-12/h1-2,5,7H,3-4,6H2,(H2,12,14,15)/t7-/m0/s1. The van der Waals surface area contributed by atoms with E-state index in [-0.39, 0.29) is 12.1 Å². The van der Waals surface area contributed by atoms with E-state index in [1.165, 1.54) is 0 Å². The van der Waals surface area contributed by atoms with Crippen LogP contribution in [0, 0.1) is 0 Å². The van der Waals surface area contributed by atoms with Gasteiger partial charge in [0.15, 0.2) is 0 Å². The fourth-order valence-corrected chi connectivity index (χ4v) is 1.53. The van der Waals surface area contributed by atoms with Crippen molar-refractivity contribution < 1.29 is 9.47 Å². The average Bonchev–Trinajstić information content (AvgIpc) is 2.80. The second-order valence-electron chi connectivity index (χ2n) is 3.55.